The van der Waals surface area contributed by atoms with Crippen molar-refractivity contribution in [3.63, 3.8) is 0 Å². The van der Waals surface area contributed by atoms with Crippen LogP contribution in [0.4, 0.5) is 0 Å². The van der Waals surface area contributed by atoms with Gasteiger partial charge >= 0.3 is 0 Å². The van der Waals surface area contributed by atoms with Crippen molar-refractivity contribution in [3.8, 4) is 0 Å². The lowest BCUT2D eigenvalue weighted by molar-refractivity contribution is 0.0758. The average Bonchev–Trinajstić information content (AvgIpc) is 3.30. The number of carbonyl (C=O) groups is 1. The van der Waals surface area contributed by atoms with Crippen LogP contribution < -0.4 is 5.73 Å². The van der Waals surface area contributed by atoms with Crippen molar-refractivity contribution in [1.82, 2.24) is 29.9 Å². The van der Waals surface area contributed by atoms with Crippen LogP contribution in [-0.4, -0.2) is 66.1 Å². The van der Waals surface area contributed by atoms with Crippen molar-refractivity contribution in [2.24, 2.45) is 11.7 Å². The molecule has 1 saturated heterocycles. The Labute approximate surface area is 157 Å². The van der Waals surface area contributed by atoms with E-state index in [4.69, 9.17) is 5.73 Å². The zero-order chi connectivity index (χ0) is 18.8. The van der Waals surface area contributed by atoms with Crippen LogP contribution in [0.15, 0.2) is 24.8 Å². The second-order valence-corrected chi connectivity index (χ2v) is 7.59. The number of nitrogens with two attached hydrogens (primary N) is 1. The van der Waals surface area contributed by atoms with E-state index >= 15 is 0 Å². The number of carbonyl (C=O) groups excluding carboxylic acids is 1. The lowest BCUT2D eigenvalue weighted by Gasteiger charge is -2.25. The van der Waals surface area contributed by atoms with E-state index in [0.29, 0.717) is 25.2 Å². The maximum absolute atomic E-state index is 12.8. The normalized spacial score (nSPS) is 28.4. The van der Waals surface area contributed by atoms with Crippen molar-refractivity contribution in [2.45, 2.75) is 50.3 Å². The zero-order valence-electron chi connectivity index (χ0n) is 15.2. The third kappa shape index (κ3) is 3.98. The number of nitrogens with zero attached hydrogens (tertiary/aromatic N) is 6. The van der Waals surface area contributed by atoms with E-state index in [1.54, 1.807) is 34.4 Å². The molecule has 0 bridgehead atoms. The van der Waals surface area contributed by atoms with Crippen LogP contribution in [0, 0.1) is 5.92 Å². The third-order valence-electron chi connectivity index (χ3n) is 5.63. The van der Waals surface area contributed by atoms with Gasteiger partial charge in [-0.1, -0.05) is 5.21 Å². The first-order valence-corrected chi connectivity index (χ1v) is 9.50. The molecule has 9 nitrogen and oxygen atoms in total. The van der Waals surface area contributed by atoms with Crippen molar-refractivity contribution < 1.29 is 9.90 Å². The van der Waals surface area contributed by atoms with Gasteiger partial charge in [-0.3, -0.25) is 14.8 Å². The first-order valence-electron chi connectivity index (χ1n) is 9.50. The Balaban J connectivity index is 1.38. The molecular formula is C18H25N7O2. The number of β-amino-alcohol motifs (C(OH)–C–C–N with tert-alkyl or cyclic N) is 1. The molecule has 1 amide bonds. The smallest absolute Gasteiger partial charge is 0.276 e. The molecule has 0 radical (unpaired) electrons. The second-order valence-electron chi connectivity index (χ2n) is 7.59. The summed E-state index contributed by atoms with van der Waals surface area (Å²) < 4.78 is 1.79. The van der Waals surface area contributed by atoms with Gasteiger partial charge in [0.2, 0.25) is 0 Å². The van der Waals surface area contributed by atoms with Crippen LogP contribution in [0.25, 0.3) is 0 Å². The van der Waals surface area contributed by atoms with Gasteiger partial charge in [-0.05, 0) is 32.1 Å². The van der Waals surface area contributed by atoms with Gasteiger partial charge in [0.25, 0.3) is 5.91 Å². The molecule has 3 heterocycles. The van der Waals surface area contributed by atoms with Crippen LogP contribution in [0.5, 0.6) is 0 Å². The lowest BCUT2D eigenvalue weighted by atomic mass is 9.92. The molecule has 2 aromatic rings. The standard InChI is InChI=1S/C18H25N7O2/c19-13-1-3-15(4-2-13)25-10-16(22-23-25)18(27)24-9-12(17(26)11-24)7-14-8-20-5-6-21-14/h5-6,8,10,12-13,15,17,26H,1-4,7,9,11,19H2/t12-,13?,15?,17-/m1/s1. The summed E-state index contributed by atoms with van der Waals surface area (Å²) in [6.45, 7) is 0.774. The Morgan fingerprint density at radius 3 is 2.78 bits per heavy atom. The molecule has 2 aliphatic rings. The molecule has 0 spiro atoms. The summed E-state index contributed by atoms with van der Waals surface area (Å²) >= 11 is 0. The largest absolute Gasteiger partial charge is 0.391 e. The highest BCUT2D eigenvalue weighted by Crippen LogP contribution is 2.27. The molecular weight excluding hydrogens is 346 g/mol. The van der Waals surface area contributed by atoms with E-state index in [-0.39, 0.29) is 23.9 Å². The zero-order valence-corrected chi connectivity index (χ0v) is 15.2. The average molecular weight is 371 g/mol. The lowest BCUT2D eigenvalue weighted by Crippen LogP contribution is -2.30. The van der Waals surface area contributed by atoms with E-state index < -0.39 is 6.10 Å². The van der Waals surface area contributed by atoms with Crippen molar-refractivity contribution in [2.75, 3.05) is 13.1 Å². The Morgan fingerprint density at radius 2 is 2.04 bits per heavy atom. The van der Waals surface area contributed by atoms with Crippen LogP contribution in [0.3, 0.4) is 0 Å². The number of aliphatic hydroxyl groups excluding tert-OH is 1. The van der Waals surface area contributed by atoms with E-state index in [1.807, 2.05) is 0 Å². The molecule has 2 atom stereocenters. The SMILES string of the molecule is NC1CCC(n2cc(C(=O)N3C[C@@H](Cc4cnccn4)[C@H](O)C3)nn2)CC1. The summed E-state index contributed by atoms with van der Waals surface area (Å²) in [4.78, 5) is 22.7. The molecule has 2 fully saturated rings. The number of hydrogen-bond donors (Lipinski definition) is 2. The monoisotopic (exact) mass is 371 g/mol. The van der Waals surface area contributed by atoms with E-state index in [9.17, 15) is 9.90 Å². The van der Waals surface area contributed by atoms with Crippen LogP contribution in [0.2, 0.25) is 0 Å². The van der Waals surface area contributed by atoms with Crippen LogP contribution in [-0.2, 0) is 6.42 Å². The molecule has 3 N–H and O–H groups in total. The first kappa shape index (κ1) is 18.0. The summed E-state index contributed by atoms with van der Waals surface area (Å²) in [7, 11) is 0. The van der Waals surface area contributed by atoms with Crippen molar-refractivity contribution in [1.29, 1.82) is 0 Å². The summed E-state index contributed by atoms with van der Waals surface area (Å²) in [5.74, 6) is -0.241. The van der Waals surface area contributed by atoms with Crippen LogP contribution >= 0.6 is 0 Å². The van der Waals surface area contributed by atoms with E-state index in [2.05, 4.69) is 20.3 Å². The summed E-state index contributed by atoms with van der Waals surface area (Å²) in [6.07, 6.45) is 10.5. The number of hydrogen-bond acceptors (Lipinski definition) is 7. The van der Waals surface area contributed by atoms with Crippen molar-refractivity contribution in [3.05, 3.63) is 36.2 Å². The molecule has 2 aromatic heterocycles. The number of aliphatic hydroxyl groups is 1. The molecule has 1 saturated carbocycles. The minimum Gasteiger partial charge on any atom is -0.391 e. The molecule has 27 heavy (non-hydrogen) atoms. The second kappa shape index (κ2) is 7.69. The number of aromatic nitrogens is 5. The molecule has 144 valence electrons. The van der Waals surface area contributed by atoms with Gasteiger partial charge in [0, 0.05) is 43.6 Å². The minimum absolute atomic E-state index is 0.0551. The van der Waals surface area contributed by atoms with Gasteiger partial charge in [-0.2, -0.15) is 0 Å². The molecule has 0 aromatic carbocycles. The minimum atomic E-state index is -0.578. The highest BCUT2D eigenvalue weighted by molar-refractivity contribution is 5.92. The van der Waals surface area contributed by atoms with Crippen molar-refractivity contribution >= 4 is 5.91 Å². The maximum Gasteiger partial charge on any atom is 0.276 e. The first-order chi connectivity index (χ1) is 13.1. The number of likely N-dealkylation sites (tertiary alicyclic amines) is 1. The number of amides is 1. The quantitative estimate of drug-likeness (QED) is 0.786. The summed E-state index contributed by atoms with van der Waals surface area (Å²) in [6, 6.07) is 0.524. The third-order valence-corrected chi connectivity index (χ3v) is 5.63. The van der Waals surface area contributed by atoms with Gasteiger partial charge < -0.3 is 15.7 Å². The fourth-order valence-corrected chi connectivity index (χ4v) is 4.01. The van der Waals surface area contributed by atoms with E-state index in [0.717, 1.165) is 31.4 Å². The summed E-state index contributed by atoms with van der Waals surface area (Å²) in [5, 5.41) is 18.6. The Kier molecular flexibility index (Phi) is 5.13. The maximum atomic E-state index is 12.8. The summed E-state index contributed by atoms with van der Waals surface area (Å²) in [5.41, 5.74) is 7.10. The Morgan fingerprint density at radius 1 is 1.22 bits per heavy atom. The Hall–Kier alpha value is -2.39. The fraction of sp³-hybridized carbons (Fsp3) is 0.611. The molecule has 0 unspecified atom stereocenters. The molecule has 9 heteroatoms. The van der Waals surface area contributed by atoms with Gasteiger partial charge in [0.1, 0.15) is 0 Å². The topological polar surface area (TPSA) is 123 Å². The highest BCUT2D eigenvalue weighted by Gasteiger charge is 2.35. The van der Waals surface area contributed by atoms with E-state index in [1.165, 1.54) is 0 Å². The van der Waals surface area contributed by atoms with Gasteiger partial charge in [-0.15, -0.1) is 5.10 Å². The predicted octanol–water partition coefficient (Wildman–Crippen LogP) is 0.186. The Bertz CT molecular complexity index is 773. The molecule has 1 aliphatic carbocycles. The highest BCUT2D eigenvalue weighted by atomic mass is 16.3. The van der Waals surface area contributed by atoms with Gasteiger partial charge in [0.15, 0.2) is 5.69 Å². The molecule has 1 aliphatic heterocycles. The van der Waals surface area contributed by atoms with Gasteiger partial charge in [-0.25, -0.2) is 4.68 Å². The fourth-order valence-electron chi connectivity index (χ4n) is 4.01. The number of rotatable bonds is 4. The predicted molar refractivity (Wildman–Crippen MR) is 96.6 cm³/mol. The van der Waals surface area contributed by atoms with Gasteiger partial charge in [0.05, 0.1) is 24.0 Å². The molecule has 4 rings (SSSR count). The van der Waals surface area contributed by atoms with Crippen LogP contribution in [0.1, 0.15) is 47.9 Å².